The second kappa shape index (κ2) is 8.02. The van der Waals surface area contributed by atoms with Gasteiger partial charge in [-0.2, -0.15) is 0 Å². The number of aromatic nitrogens is 2. The molecular weight excluding hydrogens is 383 g/mol. The Morgan fingerprint density at radius 2 is 2.07 bits per heavy atom. The van der Waals surface area contributed by atoms with Gasteiger partial charge < -0.3 is 25.1 Å². The van der Waals surface area contributed by atoms with Crippen LogP contribution in [-0.4, -0.2) is 57.9 Å². The highest BCUT2D eigenvalue weighted by atomic mass is 16.4. The highest BCUT2D eigenvalue weighted by molar-refractivity contribution is 6.75. The van der Waals surface area contributed by atoms with Gasteiger partial charge in [-0.1, -0.05) is 12.1 Å². The van der Waals surface area contributed by atoms with Crippen molar-refractivity contribution in [2.75, 3.05) is 12.4 Å². The van der Waals surface area contributed by atoms with E-state index in [1.807, 2.05) is 24.3 Å². The maximum atomic E-state index is 12.9. The van der Waals surface area contributed by atoms with E-state index in [9.17, 15) is 14.4 Å². The van der Waals surface area contributed by atoms with Crippen LogP contribution < -0.4 is 5.32 Å². The van der Waals surface area contributed by atoms with Crippen molar-refractivity contribution in [2.45, 2.75) is 25.3 Å². The van der Waals surface area contributed by atoms with E-state index in [1.165, 1.54) is 0 Å². The van der Waals surface area contributed by atoms with E-state index in [4.69, 9.17) is 5.11 Å². The molecule has 0 spiro atoms. The normalized spacial score (nSPS) is 15.6. The molecule has 9 heteroatoms. The van der Waals surface area contributed by atoms with Crippen molar-refractivity contribution < 1.29 is 19.5 Å². The van der Waals surface area contributed by atoms with Gasteiger partial charge >= 0.3 is 5.97 Å². The third-order valence-corrected chi connectivity index (χ3v) is 5.26. The third kappa shape index (κ3) is 4.05. The number of aliphatic carboxylic acids is 1. The molecule has 0 saturated heterocycles. The van der Waals surface area contributed by atoms with E-state index < -0.39 is 12.0 Å². The SMILES string of the molecule is CN(Cc1nc2ccccc2[nH]1)C(=O)c1ccc2c(c1)CBC(=O)[C@@H](CC(=O)O)N2. The van der Waals surface area contributed by atoms with Gasteiger partial charge in [0.25, 0.3) is 5.91 Å². The molecule has 30 heavy (non-hydrogen) atoms. The molecule has 0 aliphatic carbocycles. The molecule has 3 N–H and O–H groups in total. The number of anilines is 1. The molecule has 1 aromatic heterocycles. The number of hydrogen-bond donors (Lipinski definition) is 3. The number of para-hydroxylation sites is 2. The number of rotatable bonds is 5. The molecule has 1 aliphatic rings. The van der Waals surface area contributed by atoms with Gasteiger partial charge in [0, 0.05) is 18.3 Å². The first kappa shape index (κ1) is 19.7. The van der Waals surface area contributed by atoms with E-state index in [-0.39, 0.29) is 25.3 Å². The first-order valence-corrected chi connectivity index (χ1v) is 9.74. The number of aromatic amines is 1. The number of imidazole rings is 1. The van der Waals surface area contributed by atoms with Crippen LogP contribution in [0, 0.1) is 0 Å². The van der Waals surface area contributed by atoms with Gasteiger partial charge in [-0.3, -0.25) is 9.59 Å². The van der Waals surface area contributed by atoms with Crippen molar-refractivity contribution in [3.05, 3.63) is 59.4 Å². The van der Waals surface area contributed by atoms with Gasteiger partial charge in [-0.25, -0.2) is 4.98 Å². The van der Waals surface area contributed by atoms with Gasteiger partial charge in [-0.15, -0.1) is 0 Å². The Labute approximate surface area is 173 Å². The maximum Gasteiger partial charge on any atom is 0.305 e. The summed E-state index contributed by atoms with van der Waals surface area (Å²) in [6.45, 7) is 0.335. The zero-order chi connectivity index (χ0) is 21.3. The lowest BCUT2D eigenvalue weighted by atomic mass is 9.65. The van der Waals surface area contributed by atoms with Gasteiger partial charge in [0.15, 0.2) is 0 Å². The lowest BCUT2D eigenvalue weighted by molar-refractivity contribution is -0.138. The number of benzene rings is 2. The van der Waals surface area contributed by atoms with Gasteiger partial charge in [0.2, 0.25) is 7.28 Å². The predicted molar refractivity (Wildman–Crippen MR) is 114 cm³/mol. The summed E-state index contributed by atoms with van der Waals surface area (Å²) in [5.74, 6) is -0.482. The summed E-state index contributed by atoms with van der Waals surface area (Å²) < 4.78 is 0. The maximum absolute atomic E-state index is 12.9. The van der Waals surface area contributed by atoms with E-state index in [1.54, 1.807) is 30.1 Å². The average Bonchev–Trinajstić information content (AvgIpc) is 3.06. The Bertz CT molecular complexity index is 1110. The number of hydrogen-bond acceptors (Lipinski definition) is 5. The summed E-state index contributed by atoms with van der Waals surface area (Å²) in [5, 5.41) is 12.0. The van der Waals surface area contributed by atoms with Crippen LogP contribution in [0.5, 0.6) is 0 Å². The molecule has 8 nitrogen and oxygen atoms in total. The van der Waals surface area contributed by atoms with Crippen LogP contribution in [0.15, 0.2) is 42.5 Å². The molecule has 0 fully saturated rings. The molecule has 1 aliphatic heterocycles. The van der Waals surface area contributed by atoms with Crippen LogP contribution in [0.3, 0.4) is 0 Å². The summed E-state index contributed by atoms with van der Waals surface area (Å²) >= 11 is 0. The minimum Gasteiger partial charge on any atom is -0.481 e. The van der Waals surface area contributed by atoms with Crippen molar-refractivity contribution in [3.8, 4) is 0 Å². The lowest BCUT2D eigenvalue weighted by Crippen LogP contribution is -2.34. The smallest absolute Gasteiger partial charge is 0.305 e. The summed E-state index contributed by atoms with van der Waals surface area (Å²) in [4.78, 5) is 45.5. The van der Waals surface area contributed by atoms with Crippen LogP contribution in [0.2, 0.25) is 0 Å². The van der Waals surface area contributed by atoms with Crippen molar-refractivity contribution in [3.63, 3.8) is 0 Å². The van der Waals surface area contributed by atoms with Crippen LogP contribution in [0.4, 0.5) is 5.69 Å². The minimum atomic E-state index is -1.02. The van der Waals surface area contributed by atoms with E-state index in [0.717, 1.165) is 16.6 Å². The number of fused-ring (bicyclic) bond motifs is 2. The molecule has 3 aromatic rings. The molecule has 0 bridgehead atoms. The van der Waals surface area contributed by atoms with Gasteiger partial charge in [0.1, 0.15) is 11.5 Å². The first-order valence-electron chi connectivity index (χ1n) is 9.74. The van der Waals surface area contributed by atoms with Crippen molar-refractivity contribution >= 4 is 41.6 Å². The number of carbonyl (C=O) groups excluding carboxylic acids is 2. The molecular formula is C21H21BN4O4. The Hall–Kier alpha value is -3.62. The number of carboxylic acid groups (broad SMARTS) is 1. The number of carbonyl (C=O) groups is 3. The Morgan fingerprint density at radius 3 is 2.83 bits per heavy atom. The van der Waals surface area contributed by atoms with E-state index >= 15 is 0 Å². The Balaban J connectivity index is 1.50. The second-order valence-corrected chi connectivity index (χ2v) is 7.49. The lowest BCUT2D eigenvalue weighted by Gasteiger charge is -2.18. The van der Waals surface area contributed by atoms with Crippen LogP contribution in [-0.2, 0) is 22.5 Å². The molecule has 0 radical (unpaired) electrons. The first-order chi connectivity index (χ1) is 14.4. The molecule has 1 amide bonds. The zero-order valence-corrected chi connectivity index (χ0v) is 16.5. The van der Waals surface area contributed by atoms with E-state index in [0.29, 0.717) is 29.9 Å². The highest BCUT2D eigenvalue weighted by Gasteiger charge is 2.27. The fraction of sp³-hybridized carbons (Fsp3) is 0.238. The zero-order valence-electron chi connectivity index (χ0n) is 16.5. The van der Waals surface area contributed by atoms with Crippen molar-refractivity contribution in [1.82, 2.24) is 14.9 Å². The molecule has 152 valence electrons. The Kier molecular flexibility index (Phi) is 5.26. The Morgan fingerprint density at radius 1 is 1.27 bits per heavy atom. The molecule has 4 rings (SSSR count). The number of H-pyrrole nitrogens is 1. The number of nitrogens with one attached hydrogen (secondary N) is 2. The number of amides is 1. The van der Waals surface area contributed by atoms with Gasteiger partial charge in [0.05, 0.1) is 30.0 Å². The van der Waals surface area contributed by atoms with Crippen molar-refractivity contribution in [1.29, 1.82) is 0 Å². The molecule has 1 atom stereocenters. The quantitative estimate of drug-likeness (QED) is 0.556. The van der Waals surface area contributed by atoms with Crippen LogP contribution >= 0.6 is 0 Å². The minimum absolute atomic E-state index is 0.136. The molecule has 0 saturated carbocycles. The van der Waals surface area contributed by atoms with Crippen LogP contribution in [0.1, 0.15) is 28.2 Å². The van der Waals surface area contributed by atoms with Crippen molar-refractivity contribution in [2.24, 2.45) is 0 Å². The topological polar surface area (TPSA) is 115 Å². The second-order valence-electron chi connectivity index (χ2n) is 7.49. The highest BCUT2D eigenvalue weighted by Crippen LogP contribution is 2.23. The molecule has 2 heterocycles. The summed E-state index contributed by atoms with van der Waals surface area (Å²) in [5.41, 5.74) is 3.68. The van der Waals surface area contributed by atoms with Crippen LogP contribution in [0.25, 0.3) is 11.0 Å². The number of nitrogens with zero attached hydrogens (tertiary/aromatic N) is 2. The number of carboxylic acids is 1. The fourth-order valence-corrected chi connectivity index (χ4v) is 3.71. The average molecular weight is 404 g/mol. The summed E-state index contributed by atoms with van der Waals surface area (Å²) in [6.07, 6.45) is 0.199. The summed E-state index contributed by atoms with van der Waals surface area (Å²) in [6, 6.07) is 12.1. The largest absolute Gasteiger partial charge is 0.481 e. The third-order valence-electron chi connectivity index (χ3n) is 5.26. The standard InChI is InChI=1S/C21H21BN4O4/c1-26(11-18-24-15-4-2-3-5-16(15)25-18)21(30)12-6-7-14-13(8-12)10-22-20(29)17(23-14)9-19(27)28/h2-8,17,22-23H,9-11H2,1H3,(H,24,25)(H,27,28)/t17-/m1/s1. The van der Waals surface area contributed by atoms with E-state index in [2.05, 4.69) is 15.3 Å². The summed E-state index contributed by atoms with van der Waals surface area (Å²) in [7, 11) is 1.95. The molecule has 2 aromatic carbocycles. The monoisotopic (exact) mass is 404 g/mol. The molecule has 0 unspecified atom stereocenters. The fourth-order valence-electron chi connectivity index (χ4n) is 3.71. The van der Waals surface area contributed by atoms with Gasteiger partial charge in [-0.05, 0) is 42.2 Å². The predicted octanol–water partition coefficient (Wildman–Crippen LogP) is 1.57.